The SMILES string of the molecule is CCCc1cc2ccccc2c(CCC)n1. The second-order valence-corrected chi connectivity index (χ2v) is 4.28. The quantitative estimate of drug-likeness (QED) is 0.743. The smallest absolute Gasteiger partial charge is 0.0485 e. The molecule has 0 amide bonds. The second-order valence-electron chi connectivity index (χ2n) is 4.28. The van der Waals surface area contributed by atoms with E-state index in [1.807, 2.05) is 0 Å². The molecule has 0 spiro atoms. The molecule has 1 aromatic carbocycles. The molecule has 0 radical (unpaired) electrons. The van der Waals surface area contributed by atoms with E-state index in [9.17, 15) is 0 Å². The molecule has 0 N–H and O–H groups in total. The van der Waals surface area contributed by atoms with Crippen molar-refractivity contribution >= 4 is 10.8 Å². The molecule has 0 bridgehead atoms. The molecule has 0 saturated carbocycles. The zero-order chi connectivity index (χ0) is 11.4. The first-order valence-electron chi connectivity index (χ1n) is 6.22. The zero-order valence-electron chi connectivity index (χ0n) is 10.2. The summed E-state index contributed by atoms with van der Waals surface area (Å²) in [5.41, 5.74) is 2.51. The Morgan fingerprint density at radius 1 is 1.00 bits per heavy atom. The van der Waals surface area contributed by atoms with Crippen molar-refractivity contribution in [3.63, 3.8) is 0 Å². The number of aryl methyl sites for hydroxylation is 2. The van der Waals surface area contributed by atoms with Crippen LogP contribution in [0.3, 0.4) is 0 Å². The number of rotatable bonds is 4. The predicted octanol–water partition coefficient (Wildman–Crippen LogP) is 4.14. The van der Waals surface area contributed by atoms with Gasteiger partial charge in [-0.2, -0.15) is 0 Å². The number of nitrogens with zero attached hydrogens (tertiary/aromatic N) is 1. The standard InChI is InChI=1S/C15H19N/c1-3-7-13-11-12-9-5-6-10-14(12)15(16-13)8-4-2/h5-6,9-11H,3-4,7-8H2,1-2H3. The van der Waals surface area contributed by atoms with Crippen LogP contribution in [0.4, 0.5) is 0 Å². The summed E-state index contributed by atoms with van der Waals surface area (Å²) in [5.74, 6) is 0. The number of benzene rings is 1. The van der Waals surface area contributed by atoms with Gasteiger partial charge in [0.1, 0.15) is 0 Å². The van der Waals surface area contributed by atoms with Gasteiger partial charge in [0, 0.05) is 16.8 Å². The summed E-state index contributed by atoms with van der Waals surface area (Å²) in [7, 11) is 0. The number of fused-ring (bicyclic) bond motifs is 1. The summed E-state index contributed by atoms with van der Waals surface area (Å²) in [6, 6.07) is 10.8. The minimum Gasteiger partial charge on any atom is -0.257 e. The van der Waals surface area contributed by atoms with Crippen LogP contribution >= 0.6 is 0 Å². The Morgan fingerprint density at radius 3 is 2.50 bits per heavy atom. The Kier molecular flexibility index (Phi) is 3.55. The van der Waals surface area contributed by atoms with Crippen molar-refractivity contribution < 1.29 is 0 Å². The van der Waals surface area contributed by atoms with Crippen molar-refractivity contribution in [3.05, 3.63) is 41.7 Å². The van der Waals surface area contributed by atoms with Gasteiger partial charge in [0.25, 0.3) is 0 Å². The lowest BCUT2D eigenvalue weighted by Crippen LogP contribution is -1.97. The molecule has 84 valence electrons. The number of hydrogen-bond donors (Lipinski definition) is 0. The monoisotopic (exact) mass is 213 g/mol. The molecule has 0 atom stereocenters. The maximum absolute atomic E-state index is 4.78. The molecule has 0 saturated heterocycles. The third kappa shape index (κ3) is 2.24. The van der Waals surface area contributed by atoms with Gasteiger partial charge in [-0.25, -0.2) is 0 Å². The molecule has 2 aromatic rings. The van der Waals surface area contributed by atoms with Crippen molar-refractivity contribution in [1.29, 1.82) is 0 Å². The Bertz CT molecular complexity index is 474. The van der Waals surface area contributed by atoms with E-state index >= 15 is 0 Å². The van der Waals surface area contributed by atoms with Crippen LogP contribution in [0, 0.1) is 0 Å². The molecule has 1 heteroatoms. The highest BCUT2D eigenvalue weighted by molar-refractivity contribution is 5.84. The number of hydrogen-bond acceptors (Lipinski definition) is 1. The summed E-state index contributed by atoms with van der Waals surface area (Å²) in [4.78, 5) is 4.78. The molecule has 1 nitrogen and oxygen atoms in total. The molecule has 0 aliphatic heterocycles. The highest BCUT2D eigenvalue weighted by atomic mass is 14.7. The summed E-state index contributed by atoms with van der Waals surface area (Å²) in [6.45, 7) is 4.42. The highest BCUT2D eigenvalue weighted by Gasteiger charge is 2.04. The third-order valence-corrected chi connectivity index (χ3v) is 2.87. The molecule has 0 unspecified atom stereocenters. The van der Waals surface area contributed by atoms with E-state index < -0.39 is 0 Å². The van der Waals surface area contributed by atoms with Gasteiger partial charge in [0.05, 0.1) is 0 Å². The van der Waals surface area contributed by atoms with Crippen LogP contribution in [0.2, 0.25) is 0 Å². The van der Waals surface area contributed by atoms with E-state index in [2.05, 4.69) is 44.2 Å². The van der Waals surface area contributed by atoms with Crippen LogP contribution in [-0.4, -0.2) is 4.98 Å². The van der Waals surface area contributed by atoms with Gasteiger partial charge in [0.2, 0.25) is 0 Å². The van der Waals surface area contributed by atoms with Crippen LogP contribution in [0.1, 0.15) is 38.1 Å². The van der Waals surface area contributed by atoms with Gasteiger partial charge in [0.15, 0.2) is 0 Å². The summed E-state index contributed by atoms with van der Waals surface area (Å²) >= 11 is 0. The molecular formula is C15H19N. The minimum absolute atomic E-state index is 1.08. The molecule has 16 heavy (non-hydrogen) atoms. The Balaban J connectivity index is 2.54. The number of aromatic nitrogens is 1. The largest absolute Gasteiger partial charge is 0.257 e. The van der Waals surface area contributed by atoms with E-state index in [1.165, 1.54) is 22.2 Å². The molecule has 0 fully saturated rings. The number of pyridine rings is 1. The van der Waals surface area contributed by atoms with E-state index in [1.54, 1.807) is 0 Å². The molecule has 2 rings (SSSR count). The van der Waals surface area contributed by atoms with Gasteiger partial charge in [-0.1, -0.05) is 51.0 Å². The lowest BCUT2D eigenvalue weighted by molar-refractivity contribution is 0.840. The van der Waals surface area contributed by atoms with E-state index in [0.29, 0.717) is 0 Å². The Morgan fingerprint density at radius 2 is 1.75 bits per heavy atom. The molecule has 0 aliphatic carbocycles. The van der Waals surface area contributed by atoms with Crippen molar-refractivity contribution in [2.24, 2.45) is 0 Å². The van der Waals surface area contributed by atoms with E-state index in [0.717, 1.165) is 25.7 Å². The fourth-order valence-corrected chi connectivity index (χ4v) is 2.14. The van der Waals surface area contributed by atoms with Crippen molar-refractivity contribution in [2.75, 3.05) is 0 Å². The van der Waals surface area contributed by atoms with Crippen LogP contribution < -0.4 is 0 Å². The maximum Gasteiger partial charge on any atom is 0.0485 e. The first kappa shape index (κ1) is 11.1. The van der Waals surface area contributed by atoms with Crippen molar-refractivity contribution in [1.82, 2.24) is 4.98 Å². The Hall–Kier alpha value is -1.37. The lowest BCUT2D eigenvalue weighted by Gasteiger charge is -2.08. The first-order chi connectivity index (χ1) is 7.85. The molecule has 1 heterocycles. The molecular weight excluding hydrogens is 194 g/mol. The fraction of sp³-hybridized carbons (Fsp3) is 0.400. The third-order valence-electron chi connectivity index (χ3n) is 2.87. The van der Waals surface area contributed by atoms with E-state index in [-0.39, 0.29) is 0 Å². The zero-order valence-corrected chi connectivity index (χ0v) is 10.2. The average molecular weight is 213 g/mol. The van der Waals surface area contributed by atoms with Gasteiger partial charge in [-0.3, -0.25) is 4.98 Å². The van der Waals surface area contributed by atoms with Gasteiger partial charge in [-0.15, -0.1) is 0 Å². The van der Waals surface area contributed by atoms with Gasteiger partial charge < -0.3 is 0 Å². The maximum atomic E-state index is 4.78. The van der Waals surface area contributed by atoms with Crippen molar-refractivity contribution in [2.45, 2.75) is 39.5 Å². The summed E-state index contributed by atoms with van der Waals surface area (Å²) in [5, 5.41) is 2.66. The van der Waals surface area contributed by atoms with Crippen LogP contribution in [-0.2, 0) is 12.8 Å². The topological polar surface area (TPSA) is 12.9 Å². The first-order valence-corrected chi connectivity index (χ1v) is 6.22. The molecule has 0 aliphatic rings. The van der Waals surface area contributed by atoms with Crippen molar-refractivity contribution in [3.8, 4) is 0 Å². The molecule has 1 aromatic heterocycles. The fourth-order valence-electron chi connectivity index (χ4n) is 2.14. The van der Waals surface area contributed by atoms with Gasteiger partial charge in [-0.05, 0) is 24.3 Å². The van der Waals surface area contributed by atoms with Crippen LogP contribution in [0.5, 0.6) is 0 Å². The minimum atomic E-state index is 1.08. The van der Waals surface area contributed by atoms with Crippen LogP contribution in [0.15, 0.2) is 30.3 Å². The lowest BCUT2D eigenvalue weighted by atomic mass is 10.0. The normalized spacial score (nSPS) is 10.9. The summed E-state index contributed by atoms with van der Waals surface area (Å²) in [6.07, 6.45) is 4.49. The summed E-state index contributed by atoms with van der Waals surface area (Å²) < 4.78 is 0. The van der Waals surface area contributed by atoms with Crippen LogP contribution in [0.25, 0.3) is 10.8 Å². The highest BCUT2D eigenvalue weighted by Crippen LogP contribution is 2.20. The van der Waals surface area contributed by atoms with E-state index in [4.69, 9.17) is 4.98 Å². The van der Waals surface area contributed by atoms with Gasteiger partial charge >= 0.3 is 0 Å². The Labute approximate surface area is 97.5 Å². The average Bonchev–Trinajstić information content (AvgIpc) is 2.30. The second kappa shape index (κ2) is 5.11. The predicted molar refractivity (Wildman–Crippen MR) is 69.7 cm³/mol.